The molecular weight excluding hydrogens is 228 g/mol. The molecule has 1 aliphatic rings. The van der Waals surface area contributed by atoms with E-state index in [-0.39, 0.29) is 0 Å². The predicted octanol–water partition coefficient (Wildman–Crippen LogP) is 0.825. The van der Waals surface area contributed by atoms with E-state index in [9.17, 15) is 4.79 Å². The molecule has 18 heavy (non-hydrogen) atoms. The Kier molecular flexibility index (Phi) is 4.83. The van der Waals surface area contributed by atoms with E-state index in [1.807, 2.05) is 27.0 Å². The Bertz CT molecular complexity index is 458. The molecule has 1 unspecified atom stereocenters. The molecule has 3 N–H and O–H groups in total. The lowest BCUT2D eigenvalue weighted by atomic mass is 9.94. The number of rotatable bonds is 4. The van der Waals surface area contributed by atoms with Gasteiger partial charge in [0.25, 0.3) is 0 Å². The van der Waals surface area contributed by atoms with Crippen molar-refractivity contribution in [3.8, 4) is 0 Å². The van der Waals surface area contributed by atoms with Gasteiger partial charge in [0.1, 0.15) is 6.04 Å². The lowest BCUT2D eigenvalue weighted by Crippen LogP contribution is -2.30. The highest BCUT2D eigenvalue weighted by Gasteiger charge is 2.21. The SMILES string of the molecule is C/N=C(C1=CC=NC(C(N)=O)C1)\C(C)=C(/C)NC. The minimum Gasteiger partial charge on any atom is -0.391 e. The third-order valence-corrected chi connectivity index (χ3v) is 3.10. The van der Waals surface area contributed by atoms with Crippen LogP contribution in [0.15, 0.2) is 32.9 Å². The van der Waals surface area contributed by atoms with Crippen molar-refractivity contribution in [2.24, 2.45) is 15.7 Å². The molecular formula is C13H20N4O. The average molecular weight is 248 g/mol. The van der Waals surface area contributed by atoms with Crippen molar-refractivity contribution in [1.29, 1.82) is 0 Å². The van der Waals surface area contributed by atoms with Crippen molar-refractivity contribution in [2.45, 2.75) is 26.3 Å². The molecule has 0 fully saturated rings. The number of aliphatic imine (C=N–C) groups is 2. The van der Waals surface area contributed by atoms with Crippen molar-refractivity contribution >= 4 is 17.8 Å². The third kappa shape index (κ3) is 3.06. The van der Waals surface area contributed by atoms with Gasteiger partial charge in [0, 0.05) is 32.4 Å². The Morgan fingerprint density at radius 2 is 2.22 bits per heavy atom. The van der Waals surface area contributed by atoms with Crippen LogP contribution in [0, 0.1) is 0 Å². The van der Waals surface area contributed by atoms with Gasteiger partial charge in [-0.15, -0.1) is 0 Å². The maximum Gasteiger partial charge on any atom is 0.242 e. The van der Waals surface area contributed by atoms with Crippen LogP contribution in [0.3, 0.4) is 0 Å². The quantitative estimate of drug-likeness (QED) is 0.722. The van der Waals surface area contributed by atoms with Gasteiger partial charge < -0.3 is 11.1 Å². The molecule has 0 spiro atoms. The van der Waals surface area contributed by atoms with Crippen LogP contribution >= 0.6 is 0 Å². The fraction of sp³-hybridized carbons (Fsp3) is 0.462. The molecule has 0 saturated carbocycles. The number of allylic oxidation sites excluding steroid dienone is 3. The van der Waals surface area contributed by atoms with E-state index in [2.05, 4.69) is 15.3 Å². The van der Waals surface area contributed by atoms with Crippen LogP contribution in [0.5, 0.6) is 0 Å². The molecule has 0 aliphatic carbocycles. The van der Waals surface area contributed by atoms with Crippen LogP contribution in [0.1, 0.15) is 20.3 Å². The van der Waals surface area contributed by atoms with Gasteiger partial charge >= 0.3 is 0 Å². The van der Waals surface area contributed by atoms with Crippen molar-refractivity contribution in [2.75, 3.05) is 14.1 Å². The first kappa shape index (κ1) is 14.2. The third-order valence-electron chi connectivity index (χ3n) is 3.10. The van der Waals surface area contributed by atoms with Gasteiger partial charge in [-0.25, -0.2) is 0 Å². The van der Waals surface area contributed by atoms with E-state index < -0.39 is 11.9 Å². The largest absolute Gasteiger partial charge is 0.391 e. The van der Waals surface area contributed by atoms with Crippen LogP contribution in [-0.4, -0.2) is 38.0 Å². The predicted molar refractivity (Wildman–Crippen MR) is 75.0 cm³/mol. The van der Waals surface area contributed by atoms with Crippen LogP contribution in [0.25, 0.3) is 0 Å². The second-order valence-corrected chi connectivity index (χ2v) is 4.18. The minimum absolute atomic E-state index is 0.403. The van der Waals surface area contributed by atoms with Crippen molar-refractivity contribution in [1.82, 2.24) is 5.32 Å². The normalized spacial score (nSPS) is 21.2. The van der Waals surface area contributed by atoms with Crippen molar-refractivity contribution in [3.05, 3.63) is 22.9 Å². The summed E-state index contributed by atoms with van der Waals surface area (Å²) in [5.41, 5.74) is 9.28. The molecule has 1 atom stereocenters. The van der Waals surface area contributed by atoms with E-state index in [0.717, 1.165) is 22.6 Å². The molecule has 1 heterocycles. The van der Waals surface area contributed by atoms with Gasteiger partial charge in [-0.2, -0.15) is 0 Å². The minimum atomic E-state index is -0.482. The number of dihydropyridines is 1. The molecule has 5 nitrogen and oxygen atoms in total. The maximum absolute atomic E-state index is 11.2. The fourth-order valence-electron chi connectivity index (χ4n) is 1.83. The number of hydrogen-bond donors (Lipinski definition) is 2. The lowest BCUT2D eigenvalue weighted by Gasteiger charge is -2.18. The number of carbonyl (C=O) groups is 1. The molecule has 0 saturated heterocycles. The standard InChI is InChI=1S/C13H20N4O/c1-8(9(2)15-3)12(16-4)10-5-6-17-11(7-10)13(14)18/h5-6,11,15H,7H2,1-4H3,(H2,14,18)/b9-8+,16-12+. The van der Waals surface area contributed by atoms with Gasteiger partial charge in [-0.3, -0.25) is 14.8 Å². The van der Waals surface area contributed by atoms with E-state index in [1.165, 1.54) is 0 Å². The van der Waals surface area contributed by atoms with Crippen molar-refractivity contribution in [3.63, 3.8) is 0 Å². The first-order valence-electron chi connectivity index (χ1n) is 5.85. The summed E-state index contributed by atoms with van der Waals surface area (Å²) in [5, 5.41) is 3.10. The number of amides is 1. The summed E-state index contributed by atoms with van der Waals surface area (Å²) < 4.78 is 0. The number of nitrogens with zero attached hydrogens (tertiary/aromatic N) is 2. The van der Waals surface area contributed by atoms with E-state index >= 15 is 0 Å². The summed E-state index contributed by atoms with van der Waals surface area (Å²) in [6.45, 7) is 3.99. The molecule has 0 aromatic carbocycles. The second kappa shape index (κ2) is 6.14. The van der Waals surface area contributed by atoms with E-state index in [4.69, 9.17) is 5.73 Å². The van der Waals surface area contributed by atoms with Gasteiger partial charge in [-0.05, 0) is 31.1 Å². The first-order chi connectivity index (χ1) is 8.51. The lowest BCUT2D eigenvalue weighted by molar-refractivity contribution is -0.119. The Morgan fingerprint density at radius 3 is 2.72 bits per heavy atom. The first-order valence-corrected chi connectivity index (χ1v) is 5.85. The van der Waals surface area contributed by atoms with Gasteiger partial charge in [0.15, 0.2) is 0 Å². The Hall–Kier alpha value is -1.91. The zero-order valence-corrected chi connectivity index (χ0v) is 11.3. The number of carbonyl (C=O) groups excluding carboxylic acids is 1. The van der Waals surface area contributed by atoms with Gasteiger partial charge in [-0.1, -0.05) is 0 Å². The summed E-state index contributed by atoms with van der Waals surface area (Å²) in [6, 6.07) is -0.482. The number of nitrogens with one attached hydrogen (secondary N) is 1. The van der Waals surface area contributed by atoms with Crippen LogP contribution in [-0.2, 0) is 4.79 Å². The zero-order valence-electron chi connectivity index (χ0n) is 11.3. The number of nitrogens with two attached hydrogens (primary N) is 1. The highest BCUT2D eigenvalue weighted by molar-refractivity contribution is 6.14. The monoisotopic (exact) mass is 248 g/mol. The molecule has 1 amide bonds. The molecule has 0 aromatic rings. The maximum atomic E-state index is 11.2. The average Bonchev–Trinajstić information content (AvgIpc) is 2.38. The Morgan fingerprint density at radius 1 is 1.56 bits per heavy atom. The molecule has 1 rings (SSSR count). The highest BCUT2D eigenvalue weighted by Crippen LogP contribution is 2.19. The summed E-state index contributed by atoms with van der Waals surface area (Å²) in [7, 11) is 3.61. The molecule has 0 aromatic heterocycles. The zero-order chi connectivity index (χ0) is 13.7. The second-order valence-electron chi connectivity index (χ2n) is 4.18. The Balaban J connectivity index is 3.03. The molecule has 98 valence electrons. The van der Waals surface area contributed by atoms with Gasteiger partial charge in [0.2, 0.25) is 5.91 Å². The molecule has 0 bridgehead atoms. The highest BCUT2D eigenvalue weighted by atomic mass is 16.1. The van der Waals surface area contributed by atoms with Crippen molar-refractivity contribution < 1.29 is 4.79 Å². The number of primary amides is 1. The summed E-state index contributed by atoms with van der Waals surface area (Å²) >= 11 is 0. The van der Waals surface area contributed by atoms with Crippen LogP contribution < -0.4 is 11.1 Å². The topological polar surface area (TPSA) is 79.8 Å². The smallest absolute Gasteiger partial charge is 0.242 e. The molecule has 1 aliphatic heterocycles. The summed E-state index contributed by atoms with van der Waals surface area (Å²) in [4.78, 5) is 19.6. The Labute approximate surface area is 108 Å². The van der Waals surface area contributed by atoms with Crippen LogP contribution in [0.2, 0.25) is 0 Å². The van der Waals surface area contributed by atoms with E-state index in [1.54, 1.807) is 13.3 Å². The molecule has 0 radical (unpaired) electrons. The van der Waals surface area contributed by atoms with Crippen LogP contribution in [0.4, 0.5) is 0 Å². The fourth-order valence-corrected chi connectivity index (χ4v) is 1.83. The molecule has 5 heteroatoms. The van der Waals surface area contributed by atoms with Gasteiger partial charge in [0.05, 0.1) is 5.71 Å². The van der Waals surface area contributed by atoms with E-state index in [0.29, 0.717) is 6.42 Å². The number of hydrogen-bond acceptors (Lipinski definition) is 4. The summed E-state index contributed by atoms with van der Waals surface area (Å²) in [6.07, 6.45) is 4.02. The summed E-state index contributed by atoms with van der Waals surface area (Å²) in [5.74, 6) is -0.403.